The van der Waals surface area contributed by atoms with Crippen molar-refractivity contribution in [3.05, 3.63) is 35.4 Å². The highest BCUT2D eigenvalue weighted by Crippen LogP contribution is 2.30. The molecule has 0 spiro atoms. The Morgan fingerprint density at radius 3 is 2.45 bits per heavy atom. The number of hydrogen-bond acceptors (Lipinski definition) is 0. The van der Waals surface area contributed by atoms with Gasteiger partial charge in [0.15, 0.2) is 0 Å². The maximum absolute atomic E-state index is 5.78. The number of hydrogen-bond donors (Lipinski definition) is 0. The molecule has 0 heterocycles. The summed E-state index contributed by atoms with van der Waals surface area (Å²) in [6.07, 6.45) is 12.6. The summed E-state index contributed by atoms with van der Waals surface area (Å²) in [7, 11) is 0. The summed E-state index contributed by atoms with van der Waals surface area (Å²) >= 11 is 5.78. The molecule has 0 saturated heterocycles. The fourth-order valence-electron chi connectivity index (χ4n) is 3.48. The first kappa shape index (κ1) is 15.9. The Morgan fingerprint density at radius 1 is 1.10 bits per heavy atom. The van der Waals surface area contributed by atoms with Gasteiger partial charge >= 0.3 is 0 Å². The van der Waals surface area contributed by atoms with E-state index < -0.39 is 0 Å². The van der Waals surface area contributed by atoms with Gasteiger partial charge in [-0.2, -0.15) is 0 Å². The maximum atomic E-state index is 5.78. The van der Waals surface area contributed by atoms with Crippen LogP contribution in [0.2, 0.25) is 0 Å². The second-order valence-corrected chi connectivity index (χ2v) is 6.89. The highest BCUT2D eigenvalue weighted by atomic mass is 35.5. The molecule has 1 fully saturated rings. The monoisotopic (exact) mass is 292 g/mol. The molecule has 0 nitrogen and oxygen atoms in total. The van der Waals surface area contributed by atoms with Crippen molar-refractivity contribution in [3.63, 3.8) is 0 Å². The highest BCUT2D eigenvalue weighted by Gasteiger charge is 2.13. The summed E-state index contributed by atoms with van der Waals surface area (Å²) in [5.74, 6) is 2.45. The highest BCUT2D eigenvalue weighted by molar-refractivity contribution is 6.17. The molecular formula is C19H29Cl. The van der Waals surface area contributed by atoms with Crippen LogP contribution < -0.4 is 0 Å². The standard InChI is InChI=1S/C19H29Cl/c1-16(6-5-9-17-7-3-2-4-8-17)19-12-10-18(11-13-19)14-15-20/h10-13,16-17H,2-9,14-15H2,1H3. The molecule has 2 rings (SSSR count). The number of rotatable bonds is 7. The van der Waals surface area contributed by atoms with Crippen molar-refractivity contribution >= 4 is 11.6 Å². The predicted molar refractivity (Wildman–Crippen MR) is 89.7 cm³/mol. The van der Waals surface area contributed by atoms with Gasteiger partial charge in [0, 0.05) is 5.88 Å². The molecule has 0 bridgehead atoms. The zero-order chi connectivity index (χ0) is 14.2. The lowest BCUT2D eigenvalue weighted by molar-refractivity contribution is 0.327. The second-order valence-electron chi connectivity index (χ2n) is 6.52. The number of benzene rings is 1. The first-order chi connectivity index (χ1) is 9.79. The lowest BCUT2D eigenvalue weighted by Gasteiger charge is -2.22. The van der Waals surface area contributed by atoms with E-state index in [0.717, 1.165) is 18.2 Å². The lowest BCUT2D eigenvalue weighted by atomic mass is 9.84. The molecule has 1 aliphatic rings. The fourth-order valence-corrected chi connectivity index (χ4v) is 3.70. The molecule has 1 unspecified atom stereocenters. The first-order valence-corrected chi connectivity index (χ1v) is 8.98. The largest absolute Gasteiger partial charge is 0.126 e. The normalized spacial score (nSPS) is 18.1. The molecule has 20 heavy (non-hydrogen) atoms. The van der Waals surface area contributed by atoms with Gasteiger partial charge in [0.1, 0.15) is 0 Å². The fraction of sp³-hybridized carbons (Fsp3) is 0.684. The zero-order valence-electron chi connectivity index (χ0n) is 12.9. The molecule has 0 aromatic heterocycles. The summed E-state index contributed by atoms with van der Waals surface area (Å²) in [4.78, 5) is 0. The van der Waals surface area contributed by atoms with Gasteiger partial charge in [-0.3, -0.25) is 0 Å². The van der Waals surface area contributed by atoms with Crippen LogP contribution in [0.25, 0.3) is 0 Å². The van der Waals surface area contributed by atoms with E-state index >= 15 is 0 Å². The summed E-state index contributed by atoms with van der Waals surface area (Å²) in [5, 5.41) is 0. The molecule has 1 atom stereocenters. The van der Waals surface area contributed by atoms with Crippen LogP contribution in [-0.4, -0.2) is 5.88 Å². The summed E-state index contributed by atoms with van der Waals surface area (Å²) in [5.41, 5.74) is 2.85. The molecule has 0 N–H and O–H groups in total. The minimum Gasteiger partial charge on any atom is -0.126 e. The Hall–Kier alpha value is -0.490. The number of alkyl halides is 1. The van der Waals surface area contributed by atoms with Crippen molar-refractivity contribution < 1.29 is 0 Å². The third kappa shape index (κ3) is 5.13. The first-order valence-electron chi connectivity index (χ1n) is 8.44. The van der Waals surface area contributed by atoms with Crippen LogP contribution >= 0.6 is 11.6 Å². The van der Waals surface area contributed by atoms with E-state index in [1.165, 1.54) is 62.5 Å². The maximum Gasteiger partial charge on any atom is 0.0263 e. The smallest absolute Gasteiger partial charge is 0.0263 e. The average molecular weight is 293 g/mol. The lowest BCUT2D eigenvalue weighted by Crippen LogP contribution is -2.06. The van der Waals surface area contributed by atoms with E-state index in [2.05, 4.69) is 31.2 Å². The van der Waals surface area contributed by atoms with Crippen LogP contribution in [0, 0.1) is 5.92 Å². The van der Waals surface area contributed by atoms with E-state index in [4.69, 9.17) is 11.6 Å². The molecule has 1 aromatic rings. The third-order valence-corrected chi connectivity index (χ3v) is 5.10. The van der Waals surface area contributed by atoms with Crippen molar-refractivity contribution in [3.8, 4) is 0 Å². The van der Waals surface area contributed by atoms with Crippen LogP contribution in [0.3, 0.4) is 0 Å². The van der Waals surface area contributed by atoms with E-state index in [9.17, 15) is 0 Å². The van der Waals surface area contributed by atoms with E-state index in [1.54, 1.807) is 0 Å². The molecule has 0 amide bonds. The Labute approximate surface area is 129 Å². The van der Waals surface area contributed by atoms with Gasteiger partial charge in [0.2, 0.25) is 0 Å². The van der Waals surface area contributed by atoms with Gasteiger partial charge in [-0.15, -0.1) is 11.6 Å². The van der Waals surface area contributed by atoms with E-state index in [0.29, 0.717) is 5.92 Å². The van der Waals surface area contributed by atoms with Gasteiger partial charge in [-0.1, -0.05) is 76.1 Å². The molecule has 0 aliphatic heterocycles. The Bertz CT molecular complexity index is 362. The van der Waals surface area contributed by atoms with Crippen molar-refractivity contribution in [2.75, 3.05) is 5.88 Å². The van der Waals surface area contributed by atoms with Crippen molar-refractivity contribution in [2.24, 2.45) is 5.92 Å². The zero-order valence-corrected chi connectivity index (χ0v) is 13.7. The van der Waals surface area contributed by atoms with Crippen molar-refractivity contribution in [1.82, 2.24) is 0 Å². The van der Waals surface area contributed by atoms with E-state index in [1.807, 2.05) is 0 Å². The minimum atomic E-state index is 0.698. The SMILES string of the molecule is CC(CCCC1CCCCC1)c1ccc(CCCl)cc1. The Kier molecular flexibility index (Phi) is 6.93. The van der Waals surface area contributed by atoms with Crippen LogP contribution in [0.1, 0.15) is 75.3 Å². The van der Waals surface area contributed by atoms with Crippen molar-refractivity contribution in [2.45, 2.75) is 70.6 Å². The predicted octanol–water partition coefficient (Wildman–Crippen LogP) is 6.32. The van der Waals surface area contributed by atoms with Gasteiger partial charge in [0.05, 0.1) is 0 Å². The van der Waals surface area contributed by atoms with Gasteiger partial charge < -0.3 is 0 Å². The number of aryl methyl sites for hydroxylation is 1. The second kappa shape index (κ2) is 8.72. The minimum absolute atomic E-state index is 0.698. The summed E-state index contributed by atoms with van der Waals surface area (Å²) in [6.45, 7) is 2.37. The van der Waals surface area contributed by atoms with Crippen LogP contribution in [0.15, 0.2) is 24.3 Å². The molecule has 112 valence electrons. The molecule has 0 radical (unpaired) electrons. The van der Waals surface area contributed by atoms with Gasteiger partial charge in [0.25, 0.3) is 0 Å². The molecule has 1 heteroatoms. The molecule has 1 aliphatic carbocycles. The average Bonchev–Trinajstić information content (AvgIpc) is 2.49. The summed E-state index contributed by atoms with van der Waals surface area (Å²) in [6, 6.07) is 9.09. The quantitative estimate of drug-likeness (QED) is 0.516. The third-order valence-electron chi connectivity index (χ3n) is 4.91. The Balaban J connectivity index is 1.71. The van der Waals surface area contributed by atoms with Gasteiger partial charge in [-0.25, -0.2) is 0 Å². The van der Waals surface area contributed by atoms with Crippen LogP contribution in [0.5, 0.6) is 0 Å². The summed E-state index contributed by atoms with van der Waals surface area (Å²) < 4.78 is 0. The topological polar surface area (TPSA) is 0 Å². The van der Waals surface area contributed by atoms with Crippen LogP contribution in [0.4, 0.5) is 0 Å². The van der Waals surface area contributed by atoms with Crippen molar-refractivity contribution in [1.29, 1.82) is 0 Å². The molecule has 1 saturated carbocycles. The number of halogens is 1. The molecule has 1 aromatic carbocycles. The molecular weight excluding hydrogens is 264 g/mol. The Morgan fingerprint density at radius 2 is 1.80 bits per heavy atom. The van der Waals surface area contributed by atoms with Crippen LogP contribution in [-0.2, 0) is 6.42 Å². The van der Waals surface area contributed by atoms with Gasteiger partial charge in [-0.05, 0) is 35.8 Å². The van der Waals surface area contributed by atoms with E-state index in [-0.39, 0.29) is 0 Å².